The minimum absolute atomic E-state index is 0.162. The van der Waals surface area contributed by atoms with Gasteiger partial charge in [-0.3, -0.25) is 14.5 Å². The Hall–Kier alpha value is -3.47. The van der Waals surface area contributed by atoms with Crippen LogP contribution in [0.2, 0.25) is 0 Å². The minimum atomic E-state index is -4.56. The molecule has 2 N–H and O–H groups in total. The number of amides is 1. The molecule has 3 rings (SSSR count). The van der Waals surface area contributed by atoms with E-state index in [1.54, 1.807) is 19.1 Å². The van der Waals surface area contributed by atoms with E-state index in [2.05, 4.69) is 20.0 Å². The first-order chi connectivity index (χ1) is 14.5. The number of rotatable bonds is 5. The van der Waals surface area contributed by atoms with Crippen LogP contribution in [0.3, 0.4) is 0 Å². The van der Waals surface area contributed by atoms with Crippen molar-refractivity contribution in [2.24, 2.45) is 0 Å². The van der Waals surface area contributed by atoms with Gasteiger partial charge < -0.3 is 5.32 Å². The second-order valence-corrected chi connectivity index (χ2v) is 8.28. The van der Waals surface area contributed by atoms with Crippen molar-refractivity contribution < 1.29 is 26.4 Å². The van der Waals surface area contributed by atoms with E-state index in [4.69, 9.17) is 0 Å². The van der Waals surface area contributed by atoms with Gasteiger partial charge in [0, 0.05) is 24.9 Å². The Kier molecular flexibility index (Phi) is 5.98. The predicted octanol–water partition coefficient (Wildman–Crippen LogP) is 4.23. The summed E-state index contributed by atoms with van der Waals surface area (Å²) in [7, 11) is -4.15. The van der Waals surface area contributed by atoms with E-state index in [0.717, 1.165) is 12.1 Å². The highest BCUT2D eigenvalue weighted by atomic mass is 32.2. The molecule has 0 atom stereocenters. The summed E-state index contributed by atoms with van der Waals surface area (Å²) in [5.41, 5.74) is 0.760. The largest absolute Gasteiger partial charge is 0.416 e. The standard InChI is InChI=1S/C20H17F3N4O3S/c1-12-18(27-31(29,30)17-5-3-16(4-6-17)20(21,22)23)9-15(11-25-12)14-7-8-24-19(10-14)26-13(2)28/h3-11,27H,1-2H3,(H,24,26,28). The summed E-state index contributed by atoms with van der Waals surface area (Å²) in [5.74, 6) is 0.0223. The summed E-state index contributed by atoms with van der Waals surface area (Å²) in [4.78, 5) is 19.1. The minimum Gasteiger partial charge on any atom is -0.311 e. The summed E-state index contributed by atoms with van der Waals surface area (Å²) in [6, 6.07) is 7.98. The summed E-state index contributed by atoms with van der Waals surface area (Å²) in [6.45, 7) is 2.93. The van der Waals surface area contributed by atoms with Crippen LogP contribution in [-0.2, 0) is 21.0 Å². The topological polar surface area (TPSA) is 101 Å². The van der Waals surface area contributed by atoms with Gasteiger partial charge in [-0.15, -0.1) is 0 Å². The highest BCUT2D eigenvalue weighted by molar-refractivity contribution is 7.92. The number of hydrogen-bond donors (Lipinski definition) is 2. The molecule has 0 aliphatic carbocycles. The molecule has 0 aliphatic heterocycles. The Morgan fingerprint density at radius 1 is 1.00 bits per heavy atom. The van der Waals surface area contributed by atoms with Crippen LogP contribution in [0.4, 0.5) is 24.7 Å². The molecule has 7 nitrogen and oxygen atoms in total. The van der Waals surface area contributed by atoms with Crippen molar-refractivity contribution in [3.05, 3.63) is 66.1 Å². The van der Waals surface area contributed by atoms with Crippen LogP contribution in [-0.4, -0.2) is 24.3 Å². The summed E-state index contributed by atoms with van der Waals surface area (Å²) in [6.07, 6.45) is -1.56. The van der Waals surface area contributed by atoms with E-state index in [0.29, 0.717) is 34.8 Å². The smallest absolute Gasteiger partial charge is 0.311 e. The van der Waals surface area contributed by atoms with E-state index in [-0.39, 0.29) is 16.5 Å². The first-order valence-electron chi connectivity index (χ1n) is 8.86. The van der Waals surface area contributed by atoms with Crippen LogP contribution < -0.4 is 10.0 Å². The maximum Gasteiger partial charge on any atom is 0.416 e. The van der Waals surface area contributed by atoms with E-state index in [9.17, 15) is 26.4 Å². The van der Waals surface area contributed by atoms with Crippen molar-refractivity contribution in [2.45, 2.75) is 24.9 Å². The number of nitrogens with one attached hydrogen (secondary N) is 2. The molecule has 31 heavy (non-hydrogen) atoms. The first kappa shape index (κ1) is 22.2. The van der Waals surface area contributed by atoms with Gasteiger partial charge in [-0.1, -0.05) is 0 Å². The SMILES string of the molecule is CC(=O)Nc1cc(-c2cnc(C)c(NS(=O)(=O)c3ccc(C(F)(F)F)cc3)c2)ccn1. The quantitative estimate of drug-likeness (QED) is 0.606. The zero-order valence-corrected chi connectivity index (χ0v) is 17.2. The number of benzene rings is 1. The zero-order chi connectivity index (χ0) is 22.8. The van der Waals surface area contributed by atoms with Gasteiger partial charge in [0.05, 0.1) is 21.8 Å². The summed E-state index contributed by atoms with van der Waals surface area (Å²) in [5, 5.41) is 2.55. The van der Waals surface area contributed by atoms with Gasteiger partial charge in [0.15, 0.2) is 0 Å². The van der Waals surface area contributed by atoms with E-state index in [1.165, 1.54) is 25.4 Å². The Bertz CT molecular complexity index is 1230. The number of hydrogen-bond acceptors (Lipinski definition) is 5. The number of carbonyl (C=O) groups excluding carboxylic acids is 1. The molecule has 2 heterocycles. The van der Waals surface area contributed by atoms with Gasteiger partial charge in [-0.05, 0) is 55.0 Å². The van der Waals surface area contributed by atoms with Crippen LogP contribution in [0.1, 0.15) is 18.2 Å². The molecule has 0 bridgehead atoms. The molecule has 0 saturated heterocycles. The fourth-order valence-corrected chi connectivity index (χ4v) is 3.79. The van der Waals surface area contributed by atoms with Crippen molar-refractivity contribution in [2.75, 3.05) is 10.0 Å². The van der Waals surface area contributed by atoms with Gasteiger partial charge >= 0.3 is 6.18 Å². The third-order valence-electron chi connectivity index (χ3n) is 4.22. The molecule has 1 aromatic carbocycles. The van der Waals surface area contributed by atoms with Gasteiger partial charge in [0.25, 0.3) is 10.0 Å². The molecule has 3 aromatic rings. The number of halogens is 3. The lowest BCUT2D eigenvalue weighted by atomic mass is 10.1. The molecule has 0 spiro atoms. The average molecular weight is 450 g/mol. The Morgan fingerprint density at radius 3 is 2.29 bits per heavy atom. The molecule has 0 aliphatic rings. The molecule has 0 unspecified atom stereocenters. The first-order valence-corrected chi connectivity index (χ1v) is 10.3. The summed E-state index contributed by atoms with van der Waals surface area (Å²) >= 11 is 0. The predicted molar refractivity (Wildman–Crippen MR) is 109 cm³/mol. The number of aromatic nitrogens is 2. The molecule has 0 saturated carbocycles. The third-order valence-corrected chi connectivity index (χ3v) is 5.60. The van der Waals surface area contributed by atoms with Crippen LogP contribution >= 0.6 is 0 Å². The Morgan fingerprint density at radius 2 is 1.68 bits per heavy atom. The van der Waals surface area contributed by atoms with Gasteiger partial charge in [-0.2, -0.15) is 13.2 Å². The number of carbonyl (C=O) groups is 1. The Labute approximate surface area is 176 Å². The number of nitrogens with zero attached hydrogens (tertiary/aromatic N) is 2. The monoisotopic (exact) mass is 450 g/mol. The van der Waals surface area contributed by atoms with Crippen molar-refractivity contribution in [1.29, 1.82) is 0 Å². The van der Waals surface area contributed by atoms with Gasteiger partial charge in [0.1, 0.15) is 5.82 Å². The Balaban J connectivity index is 1.91. The second-order valence-electron chi connectivity index (χ2n) is 6.60. The average Bonchev–Trinajstić information content (AvgIpc) is 2.69. The maximum absolute atomic E-state index is 12.7. The van der Waals surface area contributed by atoms with Crippen LogP contribution in [0.5, 0.6) is 0 Å². The zero-order valence-electron chi connectivity index (χ0n) is 16.4. The number of alkyl halides is 3. The fourth-order valence-electron chi connectivity index (χ4n) is 2.68. The number of anilines is 2. The molecule has 11 heteroatoms. The molecule has 0 fully saturated rings. The number of aryl methyl sites for hydroxylation is 1. The van der Waals surface area contributed by atoms with E-state index in [1.807, 2.05) is 0 Å². The molecular weight excluding hydrogens is 433 g/mol. The van der Waals surface area contributed by atoms with Crippen molar-refractivity contribution >= 4 is 27.4 Å². The van der Waals surface area contributed by atoms with E-state index >= 15 is 0 Å². The normalized spacial score (nSPS) is 11.8. The van der Waals surface area contributed by atoms with Crippen molar-refractivity contribution in [1.82, 2.24) is 9.97 Å². The van der Waals surface area contributed by atoms with Crippen LogP contribution in [0.25, 0.3) is 11.1 Å². The number of pyridine rings is 2. The van der Waals surface area contributed by atoms with Gasteiger partial charge in [0.2, 0.25) is 5.91 Å². The molecule has 1 amide bonds. The van der Waals surface area contributed by atoms with Crippen molar-refractivity contribution in [3.63, 3.8) is 0 Å². The molecule has 0 radical (unpaired) electrons. The molecular formula is C20H17F3N4O3S. The second kappa shape index (κ2) is 8.34. The van der Waals surface area contributed by atoms with E-state index < -0.39 is 21.8 Å². The lowest BCUT2D eigenvalue weighted by Gasteiger charge is -2.13. The number of sulfonamides is 1. The van der Waals surface area contributed by atoms with Crippen LogP contribution in [0.15, 0.2) is 59.8 Å². The third kappa shape index (κ3) is 5.37. The highest BCUT2D eigenvalue weighted by Gasteiger charge is 2.30. The lowest BCUT2D eigenvalue weighted by molar-refractivity contribution is -0.137. The van der Waals surface area contributed by atoms with Crippen LogP contribution in [0, 0.1) is 6.92 Å². The summed E-state index contributed by atoms with van der Waals surface area (Å²) < 4.78 is 65.8. The fraction of sp³-hybridized carbons (Fsp3) is 0.150. The van der Waals surface area contributed by atoms with Crippen molar-refractivity contribution in [3.8, 4) is 11.1 Å². The van der Waals surface area contributed by atoms with Gasteiger partial charge in [-0.25, -0.2) is 13.4 Å². The molecule has 2 aromatic heterocycles. The highest BCUT2D eigenvalue weighted by Crippen LogP contribution is 2.31. The maximum atomic E-state index is 12.7. The lowest BCUT2D eigenvalue weighted by Crippen LogP contribution is -2.15. The molecule has 162 valence electrons.